The van der Waals surface area contributed by atoms with Crippen molar-refractivity contribution in [3.05, 3.63) is 29.8 Å². The minimum absolute atomic E-state index is 0.184. The summed E-state index contributed by atoms with van der Waals surface area (Å²) < 4.78 is 38.6. The fraction of sp³-hybridized carbons (Fsp3) is 0.579. The van der Waals surface area contributed by atoms with Crippen molar-refractivity contribution < 1.29 is 22.8 Å². The summed E-state index contributed by atoms with van der Waals surface area (Å²) in [4.78, 5) is 28.0. The van der Waals surface area contributed by atoms with Gasteiger partial charge >= 0.3 is 6.18 Å². The predicted molar refractivity (Wildman–Crippen MR) is 97.3 cm³/mol. The van der Waals surface area contributed by atoms with Gasteiger partial charge in [-0.15, -0.1) is 0 Å². The minimum atomic E-state index is -4.38. The first-order chi connectivity index (χ1) is 12.4. The minimum Gasteiger partial charge on any atom is -0.368 e. The number of nitrogens with zero attached hydrogens (tertiary/aromatic N) is 2. The van der Waals surface area contributed by atoms with Crippen molar-refractivity contribution in [2.75, 3.05) is 31.1 Å². The van der Waals surface area contributed by atoms with Gasteiger partial charge in [-0.3, -0.25) is 9.59 Å². The van der Waals surface area contributed by atoms with Crippen LogP contribution in [0.2, 0.25) is 0 Å². The monoisotopic (exact) mass is 385 g/mol. The Bertz CT molecular complexity index is 690. The average molecular weight is 385 g/mol. The van der Waals surface area contributed by atoms with E-state index in [2.05, 4.69) is 5.32 Å². The van der Waals surface area contributed by atoms with Crippen LogP contribution in [0.1, 0.15) is 33.3 Å². The largest absolute Gasteiger partial charge is 0.416 e. The molecule has 0 spiro atoms. The number of carbonyl (C=O) groups excluding carboxylic acids is 2. The molecule has 1 N–H and O–H groups in total. The molecule has 5 nitrogen and oxygen atoms in total. The molecule has 27 heavy (non-hydrogen) atoms. The van der Waals surface area contributed by atoms with Crippen LogP contribution in [0.5, 0.6) is 0 Å². The predicted octanol–water partition coefficient (Wildman–Crippen LogP) is 2.90. The molecule has 1 saturated heterocycles. The third kappa shape index (κ3) is 5.37. The second-order valence-corrected chi connectivity index (χ2v) is 7.81. The Labute approximate surface area is 157 Å². The molecule has 1 aliphatic heterocycles. The molecule has 1 aromatic rings. The van der Waals surface area contributed by atoms with Gasteiger partial charge in [0, 0.05) is 37.3 Å². The van der Waals surface area contributed by atoms with E-state index in [4.69, 9.17) is 0 Å². The molecule has 1 heterocycles. The summed E-state index contributed by atoms with van der Waals surface area (Å²) in [6.45, 7) is 8.62. The Morgan fingerprint density at radius 3 is 2.19 bits per heavy atom. The number of anilines is 1. The molecule has 150 valence electrons. The van der Waals surface area contributed by atoms with Gasteiger partial charge in [-0.25, -0.2) is 0 Å². The normalized spacial score (nSPS) is 16.9. The molecule has 1 fully saturated rings. The van der Waals surface area contributed by atoms with Gasteiger partial charge in [0.1, 0.15) is 6.04 Å². The molecule has 8 heteroatoms. The molecule has 1 aliphatic rings. The van der Waals surface area contributed by atoms with Crippen molar-refractivity contribution in [3.8, 4) is 0 Å². The Kier molecular flexibility index (Phi) is 6.07. The molecule has 0 bridgehead atoms. The molecule has 0 saturated carbocycles. The van der Waals surface area contributed by atoms with E-state index in [-0.39, 0.29) is 11.8 Å². The lowest BCUT2D eigenvalue weighted by Crippen LogP contribution is -2.55. The SMILES string of the molecule is CC(NC(=O)C(C)(C)C)C(=O)N1CCN(c2cccc(C(F)(F)F)c2)CC1. The molecule has 1 unspecified atom stereocenters. The van der Waals surface area contributed by atoms with Gasteiger partial charge in [0.25, 0.3) is 0 Å². The highest BCUT2D eigenvalue weighted by atomic mass is 19.4. The number of benzene rings is 1. The second kappa shape index (κ2) is 7.78. The zero-order valence-corrected chi connectivity index (χ0v) is 16.1. The number of alkyl halides is 3. The maximum atomic E-state index is 12.9. The maximum absolute atomic E-state index is 12.9. The van der Waals surface area contributed by atoms with Crippen LogP contribution in [-0.2, 0) is 15.8 Å². The third-order valence-electron chi connectivity index (χ3n) is 4.53. The van der Waals surface area contributed by atoms with E-state index in [1.54, 1.807) is 38.7 Å². The van der Waals surface area contributed by atoms with Gasteiger partial charge in [0.15, 0.2) is 0 Å². The van der Waals surface area contributed by atoms with Crippen LogP contribution in [0.15, 0.2) is 24.3 Å². The van der Waals surface area contributed by atoms with Gasteiger partial charge < -0.3 is 15.1 Å². The van der Waals surface area contributed by atoms with Gasteiger partial charge in [0.2, 0.25) is 11.8 Å². The van der Waals surface area contributed by atoms with E-state index in [1.807, 2.05) is 4.90 Å². The zero-order chi connectivity index (χ0) is 20.4. The number of rotatable bonds is 3. The first-order valence-corrected chi connectivity index (χ1v) is 8.91. The van der Waals surface area contributed by atoms with E-state index >= 15 is 0 Å². The quantitative estimate of drug-likeness (QED) is 0.871. The molecule has 0 radical (unpaired) electrons. The van der Waals surface area contributed by atoms with Crippen molar-refractivity contribution in [1.82, 2.24) is 10.2 Å². The van der Waals surface area contributed by atoms with E-state index < -0.39 is 23.2 Å². The first kappa shape index (κ1) is 21.1. The highest BCUT2D eigenvalue weighted by Gasteiger charge is 2.32. The number of hydrogen-bond donors (Lipinski definition) is 1. The summed E-state index contributed by atoms with van der Waals surface area (Å²) in [5, 5.41) is 2.72. The Balaban J connectivity index is 1.95. The number of hydrogen-bond acceptors (Lipinski definition) is 3. The fourth-order valence-electron chi connectivity index (χ4n) is 2.81. The van der Waals surface area contributed by atoms with Crippen LogP contribution in [0.3, 0.4) is 0 Å². The summed E-state index contributed by atoms with van der Waals surface area (Å²) in [5.41, 5.74) is -0.778. The van der Waals surface area contributed by atoms with Crippen LogP contribution < -0.4 is 10.2 Å². The van der Waals surface area contributed by atoms with Crippen LogP contribution in [0.25, 0.3) is 0 Å². The Morgan fingerprint density at radius 1 is 1.07 bits per heavy atom. The zero-order valence-electron chi connectivity index (χ0n) is 16.1. The number of halogens is 3. The van der Waals surface area contributed by atoms with E-state index in [0.29, 0.717) is 31.9 Å². The Hall–Kier alpha value is -2.25. The lowest BCUT2D eigenvalue weighted by Gasteiger charge is -2.37. The van der Waals surface area contributed by atoms with Gasteiger partial charge in [-0.05, 0) is 25.1 Å². The van der Waals surface area contributed by atoms with Gasteiger partial charge in [0.05, 0.1) is 5.56 Å². The summed E-state index contributed by atoms with van der Waals surface area (Å²) >= 11 is 0. The highest BCUT2D eigenvalue weighted by molar-refractivity contribution is 5.89. The molecular formula is C19H26F3N3O2. The molecule has 0 aromatic heterocycles. The van der Waals surface area contributed by atoms with E-state index in [0.717, 1.165) is 12.1 Å². The summed E-state index contributed by atoms with van der Waals surface area (Å²) in [5.74, 6) is -0.387. The van der Waals surface area contributed by atoms with Gasteiger partial charge in [-0.1, -0.05) is 26.8 Å². The molecule has 0 aliphatic carbocycles. The van der Waals surface area contributed by atoms with Crippen LogP contribution in [0, 0.1) is 5.41 Å². The highest BCUT2D eigenvalue weighted by Crippen LogP contribution is 2.31. The van der Waals surface area contributed by atoms with Crippen molar-refractivity contribution in [2.24, 2.45) is 5.41 Å². The number of piperazine rings is 1. The topological polar surface area (TPSA) is 52.7 Å². The molecule has 1 atom stereocenters. The van der Waals surface area contributed by atoms with Crippen molar-refractivity contribution in [2.45, 2.75) is 39.9 Å². The van der Waals surface area contributed by atoms with Gasteiger partial charge in [-0.2, -0.15) is 13.2 Å². The second-order valence-electron chi connectivity index (χ2n) is 7.81. The lowest BCUT2D eigenvalue weighted by atomic mass is 9.95. The fourth-order valence-corrected chi connectivity index (χ4v) is 2.81. The van der Waals surface area contributed by atoms with Crippen molar-refractivity contribution in [1.29, 1.82) is 0 Å². The number of amides is 2. The summed E-state index contributed by atoms with van der Waals surface area (Å²) in [7, 11) is 0. The average Bonchev–Trinajstić information content (AvgIpc) is 2.59. The molecule has 2 rings (SSSR count). The third-order valence-corrected chi connectivity index (χ3v) is 4.53. The molecule has 2 amide bonds. The first-order valence-electron chi connectivity index (χ1n) is 8.91. The van der Waals surface area contributed by atoms with Crippen molar-refractivity contribution in [3.63, 3.8) is 0 Å². The lowest BCUT2D eigenvalue weighted by molar-refractivity contribution is -0.138. The Morgan fingerprint density at radius 2 is 1.67 bits per heavy atom. The van der Waals surface area contributed by atoms with Crippen LogP contribution >= 0.6 is 0 Å². The summed E-state index contributed by atoms with van der Waals surface area (Å²) in [6, 6.07) is 4.56. The number of nitrogens with one attached hydrogen (secondary N) is 1. The summed E-state index contributed by atoms with van der Waals surface area (Å²) in [6.07, 6.45) is -4.38. The molecule has 1 aromatic carbocycles. The van der Waals surface area contributed by atoms with Crippen molar-refractivity contribution >= 4 is 17.5 Å². The van der Waals surface area contributed by atoms with E-state index in [1.165, 1.54) is 6.07 Å². The van der Waals surface area contributed by atoms with Crippen LogP contribution in [-0.4, -0.2) is 48.9 Å². The standard InChI is InChI=1S/C19H26F3N3O2/c1-13(23-17(27)18(2,3)4)16(26)25-10-8-24(9-11-25)15-7-5-6-14(12-15)19(20,21)22/h5-7,12-13H,8-11H2,1-4H3,(H,23,27). The molecular weight excluding hydrogens is 359 g/mol. The maximum Gasteiger partial charge on any atom is 0.416 e. The smallest absolute Gasteiger partial charge is 0.368 e. The van der Waals surface area contributed by atoms with E-state index in [9.17, 15) is 22.8 Å². The number of carbonyl (C=O) groups is 2. The van der Waals surface area contributed by atoms with Crippen LogP contribution in [0.4, 0.5) is 18.9 Å².